The summed E-state index contributed by atoms with van der Waals surface area (Å²) in [5.74, 6) is 8.72. The van der Waals surface area contributed by atoms with Crippen LogP contribution in [0.1, 0.15) is 87.2 Å². The third-order valence-corrected chi connectivity index (χ3v) is 20.7. The Morgan fingerprint density at radius 3 is 1.16 bits per heavy atom. The molecule has 8 fully saturated rings. The van der Waals surface area contributed by atoms with Gasteiger partial charge in [0.1, 0.15) is 0 Å². The van der Waals surface area contributed by atoms with Crippen molar-refractivity contribution >= 4 is 76.9 Å². The first-order valence-electron chi connectivity index (χ1n) is 24.0. The number of fused-ring (bicyclic) bond motifs is 7. The Morgan fingerprint density at radius 1 is 0.328 bits per heavy atom. The maximum absolute atomic E-state index is 2.59. The van der Waals surface area contributed by atoms with Crippen molar-refractivity contribution in [1.29, 1.82) is 0 Å². The molecule has 1 aromatic heterocycles. The van der Waals surface area contributed by atoms with Gasteiger partial charge in [0.15, 0.2) is 0 Å². The van der Waals surface area contributed by atoms with Crippen LogP contribution in [0.5, 0.6) is 0 Å². The molecule has 0 saturated heterocycles. The zero-order valence-corrected chi connectivity index (χ0v) is 36.7. The van der Waals surface area contributed by atoms with Crippen molar-refractivity contribution in [3.8, 4) is 22.3 Å². The van der Waals surface area contributed by atoms with Crippen molar-refractivity contribution in [3.63, 3.8) is 0 Å². The Kier molecular flexibility index (Phi) is 7.39. The number of benzene rings is 8. The molecule has 61 heavy (non-hydrogen) atoms. The molecule has 0 nitrogen and oxygen atoms in total. The Balaban J connectivity index is 0.926. The van der Waals surface area contributed by atoms with Gasteiger partial charge in [-0.25, -0.2) is 0 Å². The first-order chi connectivity index (χ1) is 30.2. The van der Waals surface area contributed by atoms with E-state index < -0.39 is 0 Å². The van der Waals surface area contributed by atoms with E-state index >= 15 is 0 Å². The van der Waals surface area contributed by atoms with Crippen molar-refractivity contribution in [1.82, 2.24) is 0 Å². The average molecular weight is 852 g/mol. The molecule has 8 bridgehead atoms. The van der Waals surface area contributed by atoms with Crippen molar-refractivity contribution < 1.29 is 0 Å². The van der Waals surface area contributed by atoms with Gasteiger partial charge in [-0.2, -0.15) is 0 Å². The van der Waals surface area contributed by atoms with E-state index in [0.29, 0.717) is 11.8 Å². The summed E-state index contributed by atoms with van der Waals surface area (Å²) in [7, 11) is 0. The second-order valence-electron chi connectivity index (χ2n) is 21.2. The van der Waals surface area contributed by atoms with Crippen LogP contribution in [0.2, 0.25) is 0 Å². The first kappa shape index (κ1) is 34.9. The summed E-state index contributed by atoms with van der Waals surface area (Å²) >= 11 is 0.218. The molecule has 9 aromatic rings. The van der Waals surface area contributed by atoms with Crippen LogP contribution in [0, 0.1) is 47.3 Å². The number of hydrogen-bond donors (Lipinski definition) is 0. The molecular weight excluding hydrogens is 800 g/mol. The summed E-state index contributed by atoms with van der Waals surface area (Å²) in [5, 5.41) is 14.8. The van der Waals surface area contributed by atoms with Gasteiger partial charge < -0.3 is 0 Å². The third kappa shape index (κ3) is 4.95. The fraction of sp³-hybridized carbons (Fsp3) is 0.333. The van der Waals surface area contributed by atoms with Crippen LogP contribution >= 0.6 is 0 Å². The molecule has 1 heteroatoms. The van der Waals surface area contributed by atoms with Crippen LogP contribution in [0.25, 0.3) is 84.6 Å². The van der Waals surface area contributed by atoms with Crippen molar-refractivity contribution in [2.75, 3.05) is 0 Å². The molecule has 0 N–H and O–H groups in total. The predicted molar refractivity (Wildman–Crippen MR) is 259 cm³/mol. The fourth-order valence-electron chi connectivity index (χ4n) is 16.6. The van der Waals surface area contributed by atoms with Gasteiger partial charge in [0.2, 0.25) is 0 Å². The standard InChI is InChI=1S/C60H52Se/c1-5-14-46-42(10-1)56(43-11-2-6-15-47(43)58(46)54-38-24-33-22-34(26-38)27-39(54)25-33)37-20-21-53-52(32-37)50-18-9-19-51(60(50)61-53)57-44-12-3-7-16-48(44)59(49-17-8-4-13-45(49)57)55-40-28-35-23-36(30-40)31-41(55)29-35/h1-21,32-36,38-41,54-55H,22-31H2. The molecule has 0 unspecified atom stereocenters. The summed E-state index contributed by atoms with van der Waals surface area (Å²) in [6.07, 6.45) is 14.6. The van der Waals surface area contributed by atoms with Crippen LogP contribution in [0.15, 0.2) is 133 Å². The van der Waals surface area contributed by atoms with Gasteiger partial charge in [-0.05, 0) is 6.42 Å². The minimum atomic E-state index is 0.218. The van der Waals surface area contributed by atoms with E-state index in [1.807, 2.05) is 0 Å². The molecule has 0 spiro atoms. The Hall–Kier alpha value is -4.68. The van der Waals surface area contributed by atoms with E-state index in [0.717, 1.165) is 47.3 Å². The molecule has 298 valence electrons. The van der Waals surface area contributed by atoms with Crippen LogP contribution in [0.3, 0.4) is 0 Å². The summed E-state index contributed by atoms with van der Waals surface area (Å²) < 4.78 is 3.09. The first-order valence-corrected chi connectivity index (χ1v) is 25.7. The van der Waals surface area contributed by atoms with Crippen LogP contribution in [-0.2, 0) is 0 Å². The SMILES string of the molecule is c1ccc2c(C3C4CC5CC(C4)CC3C5)c3ccccc3c(-c3ccc4[se]c5c(-c6c7ccccc7c(C7C8CC9CC(C8)CC7C9)c7ccccc67)cccc5c4c3)c2c1. The quantitative estimate of drug-likeness (QED) is 0.122. The average Bonchev–Trinajstić information content (AvgIpc) is 3.66. The van der Waals surface area contributed by atoms with Gasteiger partial charge in [-0.3, -0.25) is 0 Å². The molecule has 0 amide bonds. The fourth-order valence-corrected chi connectivity index (χ4v) is 19.1. The molecule has 0 atom stereocenters. The third-order valence-electron chi connectivity index (χ3n) is 18.1. The second kappa shape index (κ2) is 12.9. The molecule has 0 radical (unpaired) electrons. The summed E-state index contributed by atoms with van der Waals surface area (Å²) in [5.41, 5.74) is 9.07. The summed E-state index contributed by atoms with van der Waals surface area (Å²) in [6.45, 7) is 0. The molecule has 1 heterocycles. The molecule has 8 saturated carbocycles. The molecule has 8 aromatic carbocycles. The van der Waals surface area contributed by atoms with Gasteiger partial charge in [0.05, 0.1) is 0 Å². The number of rotatable bonds is 4. The monoisotopic (exact) mass is 852 g/mol. The van der Waals surface area contributed by atoms with E-state index in [9.17, 15) is 0 Å². The molecule has 17 rings (SSSR count). The van der Waals surface area contributed by atoms with E-state index in [4.69, 9.17) is 0 Å². The van der Waals surface area contributed by atoms with Crippen molar-refractivity contribution in [2.24, 2.45) is 47.3 Å². The van der Waals surface area contributed by atoms with Gasteiger partial charge in [0, 0.05) is 0 Å². The van der Waals surface area contributed by atoms with Gasteiger partial charge in [-0.1, -0.05) is 0 Å². The van der Waals surface area contributed by atoms with E-state index in [-0.39, 0.29) is 14.5 Å². The molecular formula is C60H52Se. The van der Waals surface area contributed by atoms with E-state index in [1.165, 1.54) is 145 Å². The summed E-state index contributed by atoms with van der Waals surface area (Å²) in [4.78, 5) is 0. The zero-order chi connectivity index (χ0) is 39.5. The van der Waals surface area contributed by atoms with Gasteiger partial charge in [-0.15, -0.1) is 0 Å². The minimum absolute atomic E-state index is 0.218. The Labute approximate surface area is 365 Å². The van der Waals surface area contributed by atoms with Gasteiger partial charge >= 0.3 is 361 Å². The summed E-state index contributed by atoms with van der Waals surface area (Å²) in [6, 6.07) is 53.1. The number of hydrogen-bond acceptors (Lipinski definition) is 0. The topological polar surface area (TPSA) is 0 Å². The molecule has 8 aliphatic rings. The maximum atomic E-state index is 2.59. The van der Waals surface area contributed by atoms with Crippen molar-refractivity contribution in [2.45, 2.75) is 76.0 Å². The Morgan fingerprint density at radius 2 is 0.721 bits per heavy atom. The van der Waals surface area contributed by atoms with Crippen LogP contribution < -0.4 is 0 Å². The van der Waals surface area contributed by atoms with E-state index in [2.05, 4.69) is 133 Å². The second-order valence-corrected chi connectivity index (χ2v) is 23.4. The predicted octanol–water partition coefficient (Wildman–Crippen LogP) is 16.1. The van der Waals surface area contributed by atoms with Crippen molar-refractivity contribution in [3.05, 3.63) is 145 Å². The molecule has 8 aliphatic carbocycles. The van der Waals surface area contributed by atoms with Crippen LogP contribution in [-0.4, -0.2) is 14.5 Å². The zero-order valence-electron chi connectivity index (χ0n) is 35.0. The Bertz CT molecular complexity index is 3140. The molecule has 0 aliphatic heterocycles. The van der Waals surface area contributed by atoms with Crippen LogP contribution in [0.4, 0.5) is 0 Å². The van der Waals surface area contributed by atoms with Gasteiger partial charge in [0.25, 0.3) is 0 Å². The van der Waals surface area contributed by atoms with E-state index in [1.54, 1.807) is 15.4 Å². The normalized spacial score (nSPS) is 30.0.